The fourth-order valence-corrected chi connectivity index (χ4v) is 3.99. The molecule has 1 aliphatic rings. The standard InChI is InChI=1S/C18H21ClN2OS/c19-15-6-4-12(5-7-15)17(14-8-9-23-11-14)21-18(22)13-2-1-3-16(20)10-13/h4-9,11,13,16-17H,1-3,10,20H2,(H,21,22). The molecule has 1 heterocycles. The van der Waals surface area contributed by atoms with E-state index in [1.54, 1.807) is 11.3 Å². The van der Waals surface area contributed by atoms with Crippen molar-refractivity contribution in [2.75, 3.05) is 0 Å². The van der Waals surface area contributed by atoms with E-state index in [2.05, 4.69) is 16.8 Å². The maximum Gasteiger partial charge on any atom is 0.223 e. The minimum absolute atomic E-state index is 0.0205. The van der Waals surface area contributed by atoms with Gasteiger partial charge in [0.05, 0.1) is 6.04 Å². The molecule has 0 saturated heterocycles. The molecule has 1 amide bonds. The smallest absolute Gasteiger partial charge is 0.223 e. The Kier molecular flexibility index (Phi) is 5.36. The van der Waals surface area contributed by atoms with Gasteiger partial charge in [0.15, 0.2) is 0 Å². The van der Waals surface area contributed by atoms with Gasteiger partial charge in [-0.1, -0.05) is 30.2 Å². The SMILES string of the molecule is NC1CCCC(C(=O)NC(c2ccc(Cl)cc2)c2ccsc2)C1. The Morgan fingerprint density at radius 2 is 2.00 bits per heavy atom. The number of halogens is 1. The van der Waals surface area contributed by atoms with Crippen LogP contribution in [-0.2, 0) is 4.79 Å². The maximum absolute atomic E-state index is 12.7. The molecule has 122 valence electrons. The summed E-state index contributed by atoms with van der Waals surface area (Å²) in [6, 6.07) is 9.72. The van der Waals surface area contributed by atoms with Crippen LogP contribution in [0, 0.1) is 5.92 Å². The molecule has 5 heteroatoms. The van der Waals surface area contributed by atoms with Crippen molar-refractivity contribution in [3.8, 4) is 0 Å². The van der Waals surface area contributed by atoms with Gasteiger partial charge in [0, 0.05) is 17.0 Å². The number of carbonyl (C=O) groups excluding carboxylic acids is 1. The van der Waals surface area contributed by atoms with Gasteiger partial charge >= 0.3 is 0 Å². The summed E-state index contributed by atoms with van der Waals surface area (Å²) < 4.78 is 0. The van der Waals surface area contributed by atoms with Crippen molar-refractivity contribution in [2.24, 2.45) is 11.7 Å². The van der Waals surface area contributed by atoms with Gasteiger partial charge in [-0.15, -0.1) is 0 Å². The van der Waals surface area contributed by atoms with Crippen LogP contribution in [0.5, 0.6) is 0 Å². The zero-order chi connectivity index (χ0) is 16.2. The first-order valence-corrected chi connectivity index (χ1v) is 9.29. The molecule has 1 aliphatic carbocycles. The Bertz CT molecular complexity index is 642. The lowest BCUT2D eigenvalue weighted by atomic mass is 9.85. The maximum atomic E-state index is 12.7. The van der Waals surface area contributed by atoms with Gasteiger partial charge in [0.25, 0.3) is 0 Å². The van der Waals surface area contributed by atoms with E-state index in [9.17, 15) is 4.79 Å². The average molecular weight is 349 g/mol. The topological polar surface area (TPSA) is 55.1 Å². The van der Waals surface area contributed by atoms with E-state index in [4.69, 9.17) is 17.3 Å². The van der Waals surface area contributed by atoms with Crippen molar-refractivity contribution in [3.63, 3.8) is 0 Å². The van der Waals surface area contributed by atoms with E-state index < -0.39 is 0 Å². The lowest BCUT2D eigenvalue weighted by Gasteiger charge is -2.28. The fraction of sp³-hybridized carbons (Fsp3) is 0.389. The summed E-state index contributed by atoms with van der Waals surface area (Å²) in [4.78, 5) is 12.7. The summed E-state index contributed by atoms with van der Waals surface area (Å²) in [7, 11) is 0. The highest BCUT2D eigenvalue weighted by molar-refractivity contribution is 7.08. The number of hydrogen-bond donors (Lipinski definition) is 2. The second kappa shape index (κ2) is 7.47. The van der Waals surface area contributed by atoms with Crippen LogP contribution in [0.1, 0.15) is 42.9 Å². The third-order valence-corrected chi connectivity index (χ3v) is 5.41. The highest BCUT2D eigenvalue weighted by atomic mass is 35.5. The molecule has 0 spiro atoms. The summed E-state index contributed by atoms with van der Waals surface area (Å²) >= 11 is 7.62. The van der Waals surface area contributed by atoms with Crippen LogP contribution in [0.25, 0.3) is 0 Å². The van der Waals surface area contributed by atoms with E-state index in [0.29, 0.717) is 5.02 Å². The average Bonchev–Trinajstić information content (AvgIpc) is 3.07. The van der Waals surface area contributed by atoms with Gasteiger partial charge in [-0.05, 0) is 59.3 Å². The minimum Gasteiger partial charge on any atom is -0.345 e. The predicted octanol–water partition coefficient (Wildman–Crippen LogP) is 4.12. The predicted molar refractivity (Wildman–Crippen MR) is 95.7 cm³/mol. The van der Waals surface area contributed by atoms with Gasteiger partial charge in [-0.3, -0.25) is 4.79 Å². The van der Waals surface area contributed by atoms with Crippen molar-refractivity contribution in [3.05, 3.63) is 57.2 Å². The highest BCUT2D eigenvalue weighted by Gasteiger charge is 2.27. The molecule has 1 fully saturated rings. The Morgan fingerprint density at radius 3 is 2.65 bits per heavy atom. The summed E-state index contributed by atoms with van der Waals surface area (Å²) in [6.07, 6.45) is 3.76. The summed E-state index contributed by atoms with van der Waals surface area (Å²) in [5.74, 6) is 0.124. The Labute approximate surface area is 145 Å². The zero-order valence-corrected chi connectivity index (χ0v) is 14.4. The number of nitrogens with one attached hydrogen (secondary N) is 1. The van der Waals surface area contributed by atoms with Gasteiger partial charge in [0.2, 0.25) is 5.91 Å². The van der Waals surface area contributed by atoms with Gasteiger partial charge in [-0.25, -0.2) is 0 Å². The molecule has 3 nitrogen and oxygen atoms in total. The van der Waals surface area contributed by atoms with Crippen molar-refractivity contribution < 1.29 is 4.79 Å². The number of benzene rings is 1. The van der Waals surface area contributed by atoms with E-state index in [-0.39, 0.29) is 23.9 Å². The highest BCUT2D eigenvalue weighted by Crippen LogP contribution is 2.28. The van der Waals surface area contributed by atoms with Crippen LogP contribution in [0.4, 0.5) is 0 Å². The normalized spacial score (nSPS) is 22.5. The zero-order valence-electron chi connectivity index (χ0n) is 12.9. The van der Waals surface area contributed by atoms with Crippen LogP contribution in [-0.4, -0.2) is 11.9 Å². The van der Waals surface area contributed by atoms with Crippen LogP contribution in [0.2, 0.25) is 5.02 Å². The molecule has 1 aromatic heterocycles. The minimum atomic E-state index is -0.135. The van der Waals surface area contributed by atoms with Gasteiger partial charge in [-0.2, -0.15) is 11.3 Å². The molecule has 2 aromatic rings. The molecule has 3 atom stereocenters. The second-order valence-corrected chi connectivity index (χ2v) is 7.39. The number of amides is 1. The van der Waals surface area contributed by atoms with Crippen molar-refractivity contribution in [2.45, 2.75) is 37.8 Å². The molecule has 3 unspecified atom stereocenters. The van der Waals surface area contributed by atoms with Crippen LogP contribution in [0.3, 0.4) is 0 Å². The van der Waals surface area contributed by atoms with Crippen molar-refractivity contribution in [1.82, 2.24) is 5.32 Å². The molecular weight excluding hydrogens is 328 g/mol. The first-order chi connectivity index (χ1) is 11.1. The van der Waals surface area contributed by atoms with Crippen molar-refractivity contribution >= 4 is 28.8 Å². The summed E-state index contributed by atoms with van der Waals surface area (Å²) in [5, 5.41) is 8.02. The van der Waals surface area contributed by atoms with Gasteiger partial charge < -0.3 is 11.1 Å². The molecule has 3 N–H and O–H groups in total. The number of rotatable bonds is 4. The number of nitrogens with two attached hydrogens (primary N) is 1. The number of thiophene rings is 1. The molecule has 0 radical (unpaired) electrons. The molecule has 3 rings (SSSR count). The first kappa shape index (κ1) is 16.5. The van der Waals surface area contributed by atoms with E-state index >= 15 is 0 Å². The number of hydrogen-bond acceptors (Lipinski definition) is 3. The van der Waals surface area contributed by atoms with Crippen molar-refractivity contribution in [1.29, 1.82) is 0 Å². The Balaban J connectivity index is 1.79. The molecule has 0 bridgehead atoms. The van der Waals surface area contributed by atoms with Gasteiger partial charge in [0.1, 0.15) is 0 Å². The van der Waals surface area contributed by atoms with Crippen LogP contribution >= 0.6 is 22.9 Å². The van der Waals surface area contributed by atoms with Crippen LogP contribution < -0.4 is 11.1 Å². The first-order valence-electron chi connectivity index (χ1n) is 7.97. The quantitative estimate of drug-likeness (QED) is 0.873. The molecule has 23 heavy (non-hydrogen) atoms. The molecule has 0 aliphatic heterocycles. The monoisotopic (exact) mass is 348 g/mol. The summed E-state index contributed by atoms with van der Waals surface area (Å²) in [5.41, 5.74) is 8.17. The Morgan fingerprint density at radius 1 is 1.22 bits per heavy atom. The largest absolute Gasteiger partial charge is 0.345 e. The van der Waals surface area contributed by atoms with E-state index in [1.807, 2.05) is 29.6 Å². The number of carbonyl (C=O) groups is 1. The molecular formula is C18H21ClN2OS. The molecule has 1 saturated carbocycles. The third kappa shape index (κ3) is 4.14. The third-order valence-electron chi connectivity index (χ3n) is 4.45. The van der Waals surface area contributed by atoms with E-state index in [1.165, 1.54) is 0 Å². The Hall–Kier alpha value is -1.36. The molecule has 1 aromatic carbocycles. The summed E-state index contributed by atoms with van der Waals surface area (Å²) in [6.45, 7) is 0. The lowest BCUT2D eigenvalue weighted by molar-refractivity contribution is -0.126. The second-order valence-electron chi connectivity index (χ2n) is 6.17. The fourth-order valence-electron chi connectivity index (χ4n) is 3.18. The lowest BCUT2D eigenvalue weighted by Crippen LogP contribution is -2.39. The van der Waals surface area contributed by atoms with Crippen LogP contribution in [0.15, 0.2) is 41.1 Å². The van der Waals surface area contributed by atoms with E-state index in [0.717, 1.165) is 36.8 Å².